The van der Waals surface area contributed by atoms with Crippen LogP contribution in [-0.2, 0) is 6.42 Å². The second-order valence-electron chi connectivity index (χ2n) is 4.56. The van der Waals surface area contributed by atoms with Crippen LogP contribution in [0, 0.1) is 6.92 Å². The summed E-state index contributed by atoms with van der Waals surface area (Å²) in [6, 6.07) is 7.99. The Hall–Kier alpha value is -1.75. The zero-order valence-corrected chi connectivity index (χ0v) is 13.8. The van der Waals surface area contributed by atoms with Gasteiger partial charge in [0.05, 0.1) is 12.0 Å². The van der Waals surface area contributed by atoms with Crippen molar-refractivity contribution < 1.29 is 4.74 Å². The molecular formula is C16H21N3OS. The lowest BCUT2D eigenvalue weighted by Gasteiger charge is -2.13. The second kappa shape index (κ2) is 7.31. The number of aromatic nitrogens is 2. The van der Waals surface area contributed by atoms with E-state index in [1.807, 2.05) is 24.3 Å². The molecule has 0 spiro atoms. The smallest absolute Gasteiger partial charge is 0.133 e. The molecule has 112 valence electrons. The molecular weight excluding hydrogens is 282 g/mol. The molecule has 0 radical (unpaired) electrons. The Morgan fingerprint density at radius 2 is 1.95 bits per heavy atom. The number of anilines is 1. The Morgan fingerprint density at radius 1 is 1.19 bits per heavy atom. The lowest BCUT2D eigenvalue weighted by atomic mass is 10.3. The van der Waals surface area contributed by atoms with Gasteiger partial charge in [-0.25, -0.2) is 9.97 Å². The van der Waals surface area contributed by atoms with Gasteiger partial charge in [-0.3, -0.25) is 0 Å². The summed E-state index contributed by atoms with van der Waals surface area (Å²) in [5, 5.41) is 4.28. The summed E-state index contributed by atoms with van der Waals surface area (Å²) in [6.45, 7) is 7.03. The summed E-state index contributed by atoms with van der Waals surface area (Å²) >= 11 is 1.62. The number of hydrogen-bond donors (Lipinski definition) is 1. The lowest BCUT2D eigenvalue weighted by Crippen LogP contribution is -2.07. The van der Waals surface area contributed by atoms with Crippen molar-refractivity contribution in [3.05, 3.63) is 35.7 Å². The molecule has 21 heavy (non-hydrogen) atoms. The average molecular weight is 303 g/mol. The molecule has 4 nitrogen and oxygen atoms in total. The summed E-state index contributed by atoms with van der Waals surface area (Å²) in [6.07, 6.45) is 0.818. The van der Waals surface area contributed by atoms with Crippen LogP contribution in [-0.4, -0.2) is 23.6 Å². The van der Waals surface area contributed by atoms with Crippen LogP contribution >= 0.6 is 11.8 Å². The molecule has 0 aliphatic rings. The van der Waals surface area contributed by atoms with Crippen molar-refractivity contribution in [2.24, 2.45) is 0 Å². The molecule has 0 aliphatic carbocycles. The zero-order valence-electron chi connectivity index (χ0n) is 12.9. The van der Waals surface area contributed by atoms with Crippen molar-refractivity contribution in [2.75, 3.05) is 19.0 Å². The van der Waals surface area contributed by atoms with Crippen LogP contribution in [0.1, 0.15) is 25.2 Å². The summed E-state index contributed by atoms with van der Waals surface area (Å²) in [5.41, 5.74) is 1.07. The molecule has 0 aliphatic heterocycles. The van der Waals surface area contributed by atoms with Crippen LogP contribution in [0.25, 0.3) is 0 Å². The molecule has 0 unspecified atom stereocenters. The molecule has 0 saturated carbocycles. The van der Waals surface area contributed by atoms with E-state index in [4.69, 9.17) is 4.74 Å². The number of methoxy groups -OCH3 is 1. The molecule has 1 N–H and O–H groups in total. The van der Waals surface area contributed by atoms with Crippen molar-refractivity contribution in [2.45, 2.75) is 37.1 Å². The monoisotopic (exact) mass is 303 g/mol. The first kappa shape index (κ1) is 15.6. The SMILES string of the molecule is CCNc1nc(CC)nc(Sc2ccccc2OC)c1C. The first-order valence-corrected chi connectivity index (χ1v) is 7.93. The average Bonchev–Trinajstić information content (AvgIpc) is 2.51. The van der Waals surface area contributed by atoms with E-state index in [9.17, 15) is 0 Å². The van der Waals surface area contributed by atoms with Crippen molar-refractivity contribution in [3.8, 4) is 5.75 Å². The molecule has 1 aromatic carbocycles. The third-order valence-corrected chi connectivity index (χ3v) is 4.23. The number of benzene rings is 1. The van der Waals surface area contributed by atoms with Crippen LogP contribution in [0.5, 0.6) is 5.75 Å². The minimum absolute atomic E-state index is 0.818. The Kier molecular flexibility index (Phi) is 5.44. The fourth-order valence-electron chi connectivity index (χ4n) is 1.94. The summed E-state index contributed by atoms with van der Waals surface area (Å²) in [7, 11) is 1.69. The maximum atomic E-state index is 5.41. The minimum Gasteiger partial charge on any atom is -0.496 e. The highest BCUT2D eigenvalue weighted by molar-refractivity contribution is 7.99. The van der Waals surface area contributed by atoms with Crippen LogP contribution < -0.4 is 10.1 Å². The van der Waals surface area contributed by atoms with Crippen molar-refractivity contribution in [3.63, 3.8) is 0 Å². The number of aryl methyl sites for hydroxylation is 1. The Morgan fingerprint density at radius 3 is 2.62 bits per heavy atom. The number of ether oxygens (including phenoxy) is 1. The van der Waals surface area contributed by atoms with Gasteiger partial charge in [0, 0.05) is 18.5 Å². The van der Waals surface area contributed by atoms with Gasteiger partial charge < -0.3 is 10.1 Å². The molecule has 0 amide bonds. The van der Waals surface area contributed by atoms with Crippen LogP contribution in [0.3, 0.4) is 0 Å². The van der Waals surface area contributed by atoms with Gasteiger partial charge in [0.15, 0.2) is 0 Å². The van der Waals surface area contributed by atoms with Gasteiger partial charge in [-0.2, -0.15) is 0 Å². The highest BCUT2D eigenvalue weighted by atomic mass is 32.2. The normalized spacial score (nSPS) is 10.5. The van der Waals surface area contributed by atoms with Crippen molar-refractivity contribution in [1.29, 1.82) is 0 Å². The third kappa shape index (κ3) is 3.67. The van der Waals surface area contributed by atoms with Crippen LogP contribution in [0.15, 0.2) is 34.2 Å². The first-order chi connectivity index (χ1) is 10.2. The van der Waals surface area contributed by atoms with E-state index in [2.05, 4.69) is 36.1 Å². The summed E-state index contributed by atoms with van der Waals surface area (Å²) in [4.78, 5) is 10.3. The van der Waals surface area contributed by atoms with Crippen molar-refractivity contribution >= 4 is 17.6 Å². The number of para-hydroxylation sites is 1. The minimum atomic E-state index is 0.818. The maximum absolute atomic E-state index is 5.41. The number of rotatable bonds is 6. The van der Waals surface area contributed by atoms with E-state index in [0.717, 1.165) is 45.8 Å². The molecule has 2 rings (SSSR count). The Bertz CT molecular complexity index is 616. The topological polar surface area (TPSA) is 47.0 Å². The molecule has 0 atom stereocenters. The van der Waals surface area contributed by atoms with E-state index in [-0.39, 0.29) is 0 Å². The van der Waals surface area contributed by atoms with Crippen molar-refractivity contribution in [1.82, 2.24) is 9.97 Å². The van der Waals surface area contributed by atoms with E-state index < -0.39 is 0 Å². The molecule has 0 fully saturated rings. The van der Waals surface area contributed by atoms with E-state index in [1.54, 1.807) is 18.9 Å². The largest absolute Gasteiger partial charge is 0.496 e. The summed E-state index contributed by atoms with van der Waals surface area (Å²) in [5.74, 6) is 2.64. The summed E-state index contributed by atoms with van der Waals surface area (Å²) < 4.78 is 5.41. The van der Waals surface area contributed by atoms with Gasteiger partial charge >= 0.3 is 0 Å². The van der Waals surface area contributed by atoms with Crippen LogP contribution in [0.2, 0.25) is 0 Å². The number of nitrogens with zero attached hydrogens (tertiary/aromatic N) is 2. The van der Waals surface area contributed by atoms with E-state index in [0.29, 0.717) is 0 Å². The van der Waals surface area contributed by atoms with Gasteiger partial charge in [-0.05, 0) is 26.0 Å². The molecule has 1 aromatic heterocycles. The van der Waals surface area contributed by atoms with Crippen LogP contribution in [0.4, 0.5) is 5.82 Å². The number of hydrogen-bond acceptors (Lipinski definition) is 5. The molecule has 1 heterocycles. The molecule has 0 saturated heterocycles. The second-order valence-corrected chi connectivity index (χ2v) is 5.59. The highest BCUT2D eigenvalue weighted by Crippen LogP contribution is 2.36. The van der Waals surface area contributed by atoms with Gasteiger partial charge in [0.25, 0.3) is 0 Å². The Labute approximate surface area is 130 Å². The standard InChI is InChI=1S/C16H21N3OS/c1-5-14-18-15(17-6-2)11(3)16(19-14)21-13-10-8-7-9-12(13)20-4/h7-10H,5-6H2,1-4H3,(H,17,18,19). The highest BCUT2D eigenvalue weighted by Gasteiger charge is 2.13. The van der Waals surface area contributed by atoms with Gasteiger partial charge in [-0.15, -0.1) is 0 Å². The zero-order chi connectivity index (χ0) is 15.2. The van der Waals surface area contributed by atoms with E-state index >= 15 is 0 Å². The van der Waals surface area contributed by atoms with Gasteiger partial charge in [-0.1, -0.05) is 30.8 Å². The molecule has 2 aromatic rings. The first-order valence-electron chi connectivity index (χ1n) is 7.11. The third-order valence-electron chi connectivity index (χ3n) is 3.08. The maximum Gasteiger partial charge on any atom is 0.133 e. The van der Waals surface area contributed by atoms with Gasteiger partial charge in [0.1, 0.15) is 22.4 Å². The quantitative estimate of drug-likeness (QED) is 0.819. The fourth-order valence-corrected chi connectivity index (χ4v) is 2.95. The molecule has 0 bridgehead atoms. The molecule has 5 heteroatoms. The van der Waals surface area contributed by atoms with E-state index in [1.165, 1.54) is 0 Å². The predicted molar refractivity (Wildman–Crippen MR) is 87.4 cm³/mol. The lowest BCUT2D eigenvalue weighted by molar-refractivity contribution is 0.405. The number of nitrogens with one attached hydrogen (secondary N) is 1. The predicted octanol–water partition coefficient (Wildman–Crippen LogP) is 3.94. The fraction of sp³-hybridized carbons (Fsp3) is 0.375. The Balaban J connectivity index is 2.40. The van der Waals surface area contributed by atoms with Gasteiger partial charge in [0.2, 0.25) is 0 Å².